The number of carboxylic acid groups (broad SMARTS) is 1. The van der Waals surface area contributed by atoms with Gasteiger partial charge in [0.2, 0.25) is 17.7 Å². The Morgan fingerprint density at radius 2 is 1.23 bits per heavy atom. The fourth-order valence-corrected chi connectivity index (χ4v) is 2.20. The van der Waals surface area contributed by atoms with Crippen LogP contribution in [0.15, 0.2) is 0 Å². The molecule has 0 aliphatic carbocycles. The molecular formula is C17H32N4O5. The van der Waals surface area contributed by atoms with Gasteiger partial charge in [0, 0.05) is 0 Å². The number of nitrogens with two attached hydrogens (primary N) is 1. The molecule has 150 valence electrons. The highest BCUT2D eigenvalue weighted by Gasteiger charge is 2.28. The topological polar surface area (TPSA) is 151 Å². The second-order valence-corrected chi connectivity index (χ2v) is 7.27. The molecule has 0 aliphatic rings. The van der Waals surface area contributed by atoms with E-state index in [1.54, 1.807) is 13.8 Å². The minimum atomic E-state index is -1.15. The van der Waals surface area contributed by atoms with Gasteiger partial charge in [-0.1, -0.05) is 27.7 Å². The summed E-state index contributed by atoms with van der Waals surface area (Å²) in [7, 11) is 0. The van der Waals surface area contributed by atoms with Crippen LogP contribution in [-0.4, -0.2) is 53.0 Å². The summed E-state index contributed by atoms with van der Waals surface area (Å²) in [5.41, 5.74) is 5.76. The van der Waals surface area contributed by atoms with Crippen LogP contribution in [0.25, 0.3) is 0 Å². The lowest BCUT2D eigenvalue weighted by molar-refractivity contribution is -0.143. The first-order valence-corrected chi connectivity index (χ1v) is 8.76. The minimum Gasteiger partial charge on any atom is -0.480 e. The molecule has 0 fully saturated rings. The van der Waals surface area contributed by atoms with Crippen molar-refractivity contribution in [2.45, 2.75) is 72.1 Å². The molecule has 0 rings (SSSR count). The van der Waals surface area contributed by atoms with Crippen LogP contribution in [0.3, 0.4) is 0 Å². The summed E-state index contributed by atoms with van der Waals surface area (Å²) >= 11 is 0. The molecule has 0 saturated heterocycles. The maximum Gasteiger partial charge on any atom is 0.326 e. The maximum atomic E-state index is 12.1. The van der Waals surface area contributed by atoms with E-state index in [2.05, 4.69) is 16.0 Å². The highest BCUT2D eigenvalue weighted by molar-refractivity contribution is 5.93. The summed E-state index contributed by atoms with van der Waals surface area (Å²) in [4.78, 5) is 47.3. The fraction of sp³-hybridized carbons (Fsp3) is 0.765. The second kappa shape index (κ2) is 10.7. The van der Waals surface area contributed by atoms with E-state index in [1.165, 1.54) is 13.8 Å². The molecule has 0 aromatic heterocycles. The van der Waals surface area contributed by atoms with E-state index < -0.39 is 47.9 Å². The Morgan fingerprint density at radius 3 is 1.62 bits per heavy atom. The monoisotopic (exact) mass is 372 g/mol. The predicted molar refractivity (Wildman–Crippen MR) is 97.0 cm³/mol. The molecule has 3 amide bonds. The number of carbonyl (C=O) groups is 4. The molecule has 6 N–H and O–H groups in total. The molecule has 26 heavy (non-hydrogen) atoms. The summed E-state index contributed by atoms with van der Waals surface area (Å²) in [6, 6.07) is -3.59. The summed E-state index contributed by atoms with van der Waals surface area (Å²) in [6.07, 6.45) is 0.491. The third kappa shape index (κ3) is 8.28. The summed E-state index contributed by atoms with van der Waals surface area (Å²) in [5.74, 6) is -2.83. The molecule has 0 bridgehead atoms. The van der Waals surface area contributed by atoms with Crippen molar-refractivity contribution in [2.24, 2.45) is 17.6 Å². The molecule has 0 aromatic rings. The van der Waals surface area contributed by atoms with Gasteiger partial charge in [0.1, 0.15) is 18.1 Å². The Morgan fingerprint density at radius 1 is 0.808 bits per heavy atom. The van der Waals surface area contributed by atoms with Crippen LogP contribution < -0.4 is 21.7 Å². The van der Waals surface area contributed by atoms with Gasteiger partial charge in [-0.25, -0.2) is 4.79 Å². The molecule has 0 saturated carbocycles. The summed E-state index contributed by atoms with van der Waals surface area (Å²) in [5, 5.41) is 16.4. The van der Waals surface area contributed by atoms with Crippen molar-refractivity contribution in [3.8, 4) is 0 Å². The Labute approximate surface area is 154 Å². The van der Waals surface area contributed by atoms with Gasteiger partial charge in [-0.3, -0.25) is 14.4 Å². The molecule has 0 spiro atoms. The van der Waals surface area contributed by atoms with Gasteiger partial charge in [-0.05, 0) is 32.1 Å². The molecule has 0 radical (unpaired) electrons. The zero-order chi connectivity index (χ0) is 20.6. The third-order valence-electron chi connectivity index (χ3n) is 3.80. The van der Waals surface area contributed by atoms with Crippen molar-refractivity contribution >= 4 is 23.7 Å². The maximum absolute atomic E-state index is 12.1. The van der Waals surface area contributed by atoms with E-state index in [-0.39, 0.29) is 11.8 Å². The first-order chi connectivity index (χ1) is 11.9. The van der Waals surface area contributed by atoms with Gasteiger partial charge in [0.25, 0.3) is 0 Å². The van der Waals surface area contributed by atoms with Crippen molar-refractivity contribution in [1.29, 1.82) is 0 Å². The van der Waals surface area contributed by atoms with Crippen molar-refractivity contribution in [2.75, 3.05) is 0 Å². The lowest BCUT2D eigenvalue weighted by Gasteiger charge is -2.23. The van der Waals surface area contributed by atoms with Crippen molar-refractivity contribution in [1.82, 2.24) is 16.0 Å². The van der Waals surface area contributed by atoms with Crippen LogP contribution in [0.2, 0.25) is 0 Å². The van der Waals surface area contributed by atoms with Crippen LogP contribution in [0.4, 0.5) is 0 Å². The van der Waals surface area contributed by atoms with Crippen molar-refractivity contribution in [3.05, 3.63) is 0 Å². The lowest BCUT2D eigenvalue weighted by atomic mass is 10.0. The number of rotatable bonds is 10. The minimum absolute atomic E-state index is 0.242. The number of aliphatic carboxylic acids is 1. The first-order valence-electron chi connectivity index (χ1n) is 8.76. The normalized spacial score (nSPS) is 15.7. The van der Waals surface area contributed by atoms with Crippen LogP contribution >= 0.6 is 0 Å². The lowest BCUT2D eigenvalue weighted by Crippen LogP contribution is -2.56. The Balaban J connectivity index is 4.62. The number of hydrogen-bond donors (Lipinski definition) is 5. The first kappa shape index (κ1) is 23.8. The van der Waals surface area contributed by atoms with Gasteiger partial charge in [0.15, 0.2) is 0 Å². The highest BCUT2D eigenvalue weighted by Crippen LogP contribution is 2.04. The average Bonchev–Trinajstić information content (AvgIpc) is 2.50. The third-order valence-corrected chi connectivity index (χ3v) is 3.80. The van der Waals surface area contributed by atoms with Gasteiger partial charge in [-0.15, -0.1) is 0 Å². The molecule has 4 atom stereocenters. The number of carbonyl (C=O) groups excluding carboxylic acids is 3. The largest absolute Gasteiger partial charge is 0.480 e. The Hall–Kier alpha value is -2.16. The highest BCUT2D eigenvalue weighted by atomic mass is 16.4. The quantitative estimate of drug-likeness (QED) is 0.352. The molecule has 0 heterocycles. The molecule has 9 nitrogen and oxygen atoms in total. The van der Waals surface area contributed by atoms with Crippen LogP contribution in [0.1, 0.15) is 48.0 Å². The van der Waals surface area contributed by atoms with Crippen molar-refractivity contribution < 1.29 is 24.3 Å². The second-order valence-electron chi connectivity index (χ2n) is 7.27. The smallest absolute Gasteiger partial charge is 0.326 e. The molecule has 9 heteroatoms. The Bertz CT molecular complexity index is 521. The van der Waals surface area contributed by atoms with Gasteiger partial charge in [0.05, 0.1) is 6.04 Å². The molecular weight excluding hydrogens is 340 g/mol. The summed E-state index contributed by atoms with van der Waals surface area (Å²) < 4.78 is 0. The predicted octanol–water partition coefficient (Wildman–Crippen LogP) is -0.405. The van der Waals surface area contributed by atoms with Gasteiger partial charge >= 0.3 is 5.97 Å². The molecule has 0 aromatic carbocycles. The van der Waals surface area contributed by atoms with E-state index in [0.717, 1.165) is 0 Å². The van der Waals surface area contributed by atoms with Gasteiger partial charge < -0.3 is 26.8 Å². The zero-order valence-electron chi connectivity index (χ0n) is 16.3. The Kier molecular flexibility index (Phi) is 9.85. The zero-order valence-corrected chi connectivity index (χ0v) is 16.3. The molecule has 0 aliphatic heterocycles. The fourth-order valence-electron chi connectivity index (χ4n) is 2.20. The van der Waals surface area contributed by atoms with E-state index in [4.69, 9.17) is 10.8 Å². The number of nitrogens with one attached hydrogen (secondary N) is 3. The van der Waals surface area contributed by atoms with Crippen molar-refractivity contribution in [3.63, 3.8) is 0 Å². The van der Waals surface area contributed by atoms with E-state index in [0.29, 0.717) is 6.42 Å². The number of hydrogen-bond acceptors (Lipinski definition) is 5. The number of amides is 3. The van der Waals surface area contributed by atoms with Gasteiger partial charge in [-0.2, -0.15) is 0 Å². The van der Waals surface area contributed by atoms with E-state index in [9.17, 15) is 19.2 Å². The van der Waals surface area contributed by atoms with E-state index in [1.807, 2.05) is 13.8 Å². The van der Waals surface area contributed by atoms with E-state index >= 15 is 0 Å². The molecule has 4 unspecified atom stereocenters. The van der Waals surface area contributed by atoms with Crippen LogP contribution in [0, 0.1) is 11.8 Å². The standard InChI is InChI=1S/C17H32N4O5/c1-8(2)7-12(18)16(24)20-10(5)14(22)19-11(6)15(23)21-13(9(3)4)17(25)26/h8-13H,7,18H2,1-6H3,(H,19,22)(H,20,24)(H,21,23)(H,25,26). The average molecular weight is 372 g/mol. The van der Waals surface area contributed by atoms with Crippen LogP contribution in [-0.2, 0) is 19.2 Å². The van der Waals surface area contributed by atoms with Crippen LogP contribution in [0.5, 0.6) is 0 Å². The SMILES string of the molecule is CC(C)CC(N)C(=O)NC(C)C(=O)NC(C)C(=O)NC(C(=O)O)C(C)C. The summed E-state index contributed by atoms with van der Waals surface area (Å²) in [6.45, 7) is 10.1. The number of carboxylic acids is 1.